The molecule has 15 heavy (non-hydrogen) atoms. The van der Waals surface area contributed by atoms with Gasteiger partial charge in [0.15, 0.2) is 0 Å². The first kappa shape index (κ1) is 25.8. The monoisotopic (exact) mass is 324 g/mol. The molecular formula is CH10Ca2O10P2. The molecule has 88 valence electrons. The second kappa shape index (κ2) is 11.2. The van der Waals surface area contributed by atoms with Gasteiger partial charge in [-0.25, -0.2) is 13.9 Å². The Bertz CT molecular complexity index is 226. The summed E-state index contributed by atoms with van der Waals surface area (Å²) in [6, 6.07) is 0. The molecule has 0 radical (unpaired) electrons. The summed E-state index contributed by atoms with van der Waals surface area (Å²) in [7, 11) is -10.1. The van der Waals surface area contributed by atoms with Crippen LogP contribution in [0.25, 0.3) is 0 Å². The van der Waals surface area contributed by atoms with E-state index in [4.69, 9.17) is 34.6 Å². The fraction of sp³-hybridized carbons (Fsp3) is 0. The van der Waals surface area contributed by atoms with Gasteiger partial charge in [0.05, 0.1) is 0 Å². The fourth-order valence-electron chi connectivity index (χ4n) is 0.139. The van der Waals surface area contributed by atoms with Crippen molar-refractivity contribution in [3.63, 3.8) is 0 Å². The van der Waals surface area contributed by atoms with Crippen molar-refractivity contribution < 1.29 is 48.0 Å². The van der Waals surface area contributed by atoms with Gasteiger partial charge in [-0.05, 0) is 0 Å². The van der Waals surface area contributed by atoms with Crippen molar-refractivity contribution in [2.45, 2.75) is 0 Å². The zero-order valence-corrected chi connectivity index (χ0v) is 7.50. The van der Waals surface area contributed by atoms with E-state index in [1.807, 2.05) is 0 Å². The third-order valence-electron chi connectivity index (χ3n) is 0.213. The molecule has 6 N–H and O–H groups in total. The van der Waals surface area contributed by atoms with E-state index in [-0.39, 0.29) is 75.5 Å². The number of rotatable bonds is 2. The van der Waals surface area contributed by atoms with Gasteiger partial charge >= 0.3 is 97.3 Å². The number of phosphoric acid groups is 2. The first-order valence-corrected chi connectivity index (χ1v) is 5.24. The minimum atomic E-state index is -5.05. The number of hydrogen-bond acceptors (Lipinski definition) is 4. The number of carboxylic acid groups (broad SMARTS) is 2. The molecule has 0 atom stereocenters. The van der Waals surface area contributed by atoms with Crippen molar-refractivity contribution in [2.75, 3.05) is 0 Å². The Kier molecular flexibility index (Phi) is 19.2. The van der Waals surface area contributed by atoms with Crippen LogP contribution in [-0.4, -0.2) is 111 Å². The summed E-state index contributed by atoms with van der Waals surface area (Å²) in [5, 5.41) is 13.9. The van der Waals surface area contributed by atoms with E-state index in [0.29, 0.717) is 0 Å². The minimum absolute atomic E-state index is 0. The molecule has 0 saturated carbocycles. The van der Waals surface area contributed by atoms with Gasteiger partial charge in [0.25, 0.3) is 0 Å². The van der Waals surface area contributed by atoms with E-state index >= 15 is 0 Å². The van der Waals surface area contributed by atoms with Crippen molar-refractivity contribution in [2.24, 2.45) is 0 Å². The first-order valence-electron chi connectivity index (χ1n) is 2.18. The molecule has 0 rings (SSSR count). The van der Waals surface area contributed by atoms with Gasteiger partial charge in [-0.3, -0.25) is 0 Å². The van der Waals surface area contributed by atoms with Crippen LogP contribution < -0.4 is 0 Å². The summed E-state index contributed by atoms with van der Waals surface area (Å²) in [5.74, 6) is 0. The van der Waals surface area contributed by atoms with E-state index in [9.17, 15) is 9.13 Å². The Morgan fingerprint density at radius 3 is 1.00 bits per heavy atom. The standard InChI is InChI=1S/CH2O3.2Ca.H4O7P2.4H/c2-1(3)4;;;1-8(2,3)7-9(4,5)6;;;;/h(H2,2,3,4);;;(H2,1,2,3)(H2,4,5,6);;;;. The Balaban J connectivity index is -0.0000000883. The van der Waals surface area contributed by atoms with Gasteiger partial charge in [-0.2, -0.15) is 4.31 Å². The third-order valence-corrected chi connectivity index (χ3v) is 1.91. The molecule has 0 aromatic carbocycles. The molecule has 0 aromatic heterocycles. The molecule has 0 aliphatic rings. The summed E-state index contributed by atoms with van der Waals surface area (Å²) in [6.07, 6.45) is -1.83. The molecular weight excluding hydrogens is 314 g/mol. The quantitative estimate of drug-likeness (QED) is 0.236. The number of hydrogen-bond donors (Lipinski definition) is 6. The van der Waals surface area contributed by atoms with Gasteiger partial charge in [-0.15, -0.1) is 0 Å². The first-order chi connectivity index (χ1) is 5.44. The normalized spacial score (nSPS) is 9.87. The summed E-state index contributed by atoms with van der Waals surface area (Å²) in [5.41, 5.74) is 0. The average Bonchev–Trinajstić information content (AvgIpc) is 1.47. The van der Waals surface area contributed by atoms with Crippen LogP contribution in [0, 0.1) is 0 Å². The van der Waals surface area contributed by atoms with Gasteiger partial charge in [0.2, 0.25) is 0 Å². The second-order valence-electron chi connectivity index (χ2n) is 1.35. The van der Waals surface area contributed by atoms with Crippen LogP contribution in [0.2, 0.25) is 0 Å². The molecule has 0 aromatic rings. The molecule has 0 heterocycles. The van der Waals surface area contributed by atoms with Gasteiger partial charge in [0.1, 0.15) is 0 Å². The Labute approximate surface area is 143 Å². The van der Waals surface area contributed by atoms with Crippen molar-refractivity contribution in [1.29, 1.82) is 0 Å². The van der Waals surface area contributed by atoms with Crippen LogP contribution in [0.3, 0.4) is 0 Å². The molecule has 0 aliphatic heterocycles. The van der Waals surface area contributed by atoms with Gasteiger partial charge in [-0.1, -0.05) is 0 Å². The molecule has 14 heteroatoms. The second-order valence-corrected chi connectivity index (χ2v) is 3.96. The predicted octanol–water partition coefficient (Wildman–Crippen LogP) is -2.42. The average molecular weight is 324 g/mol. The van der Waals surface area contributed by atoms with Crippen molar-refractivity contribution in [1.82, 2.24) is 0 Å². The van der Waals surface area contributed by atoms with E-state index in [1.165, 1.54) is 0 Å². The Hall–Kier alpha value is 2.05. The van der Waals surface area contributed by atoms with Crippen LogP contribution in [0.5, 0.6) is 0 Å². The van der Waals surface area contributed by atoms with Crippen LogP contribution >= 0.6 is 15.6 Å². The molecule has 0 unspecified atom stereocenters. The summed E-state index contributed by atoms with van der Waals surface area (Å²) < 4.78 is 22.2. The summed E-state index contributed by atoms with van der Waals surface area (Å²) >= 11 is 0. The SMILES string of the molecule is O=C(O)O.O=P(O)(O)OP(=O)(O)O.[CaH2].[CaH2]. The van der Waals surface area contributed by atoms with Gasteiger partial charge < -0.3 is 29.8 Å². The van der Waals surface area contributed by atoms with Crippen molar-refractivity contribution in [3.05, 3.63) is 0 Å². The molecule has 0 fully saturated rings. The van der Waals surface area contributed by atoms with E-state index in [1.54, 1.807) is 0 Å². The van der Waals surface area contributed by atoms with Crippen LogP contribution in [-0.2, 0) is 13.4 Å². The van der Waals surface area contributed by atoms with E-state index in [0.717, 1.165) is 0 Å². The van der Waals surface area contributed by atoms with Crippen molar-refractivity contribution in [3.8, 4) is 0 Å². The zero-order chi connectivity index (χ0) is 11.3. The zero-order valence-electron chi connectivity index (χ0n) is 5.71. The van der Waals surface area contributed by atoms with Crippen LogP contribution in [0.4, 0.5) is 4.79 Å². The van der Waals surface area contributed by atoms with E-state index < -0.39 is 21.8 Å². The topological polar surface area (TPSA) is 182 Å². The molecule has 0 saturated heterocycles. The summed E-state index contributed by atoms with van der Waals surface area (Å²) in [4.78, 5) is 39.6. The predicted molar refractivity (Wildman–Crippen MR) is 52.9 cm³/mol. The van der Waals surface area contributed by atoms with E-state index in [2.05, 4.69) is 4.31 Å². The molecule has 0 amide bonds. The maximum absolute atomic E-state index is 9.63. The number of carbonyl (C=O) groups is 1. The molecule has 10 nitrogen and oxygen atoms in total. The third kappa shape index (κ3) is 48.9. The molecule has 0 bridgehead atoms. The van der Waals surface area contributed by atoms with Gasteiger partial charge in [0, 0.05) is 0 Å². The Morgan fingerprint density at radius 1 is 0.867 bits per heavy atom. The Morgan fingerprint density at radius 2 is 1.00 bits per heavy atom. The summed E-state index contributed by atoms with van der Waals surface area (Å²) in [6.45, 7) is 0. The van der Waals surface area contributed by atoms with Crippen LogP contribution in [0.1, 0.15) is 0 Å². The maximum atomic E-state index is 9.63. The fourth-order valence-corrected chi connectivity index (χ4v) is 1.25. The molecule has 0 spiro atoms. The molecule has 0 aliphatic carbocycles. The van der Waals surface area contributed by atoms with Crippen LogP contribution in [0.15, 0.2) is 0 Å². The van der Waals surface area contributed by atoms with Crippen molar-refractivity contribution >= 4 is 97.3 Å².